The molecular weight excluding hydrogens is 298 g/mol. The second kappa shape index (κ2) is 6.88. The van der Waals surface area contributed by atoms with E-state index in [1.807, 2.05) is 0 Å². The number of nitrogens with one attached hydrogen (secondary N) is 1. The summed E-state index contributed by atoms with van der Waals surface area (Å²) >= 11 is 3.54. The second-order valence-electron chi connectivity index (χ2n) is 4.81. The van der Waals surface area contributed by atoms with Crippen LogP contribution < -0.4 is 5.32 Å². The molecule has 0 fully saturated rings. The molecule has 1 nitrogen and oxygen atoms in total. The third kappa shape index (κ3) is 3.92. The Morgan fingerprint density at radius 2 is 1.68 bits per heavy atom. The minimum Gasteiger partial charge on any atom is -0.303 e. The molecule has 0 aliphatic carbocycles. The molecule has 2 atom stereocenters. The SMILES string of the molecule is CCC(N[C@@H](C)c1ccccc1)c1cccc(Br)c1. The van der Waals surface area contributed by atoms with Gasteiger partial charge in [0.2, 0.25) is 0 Å². The van der Waals surface area contributed by atoms with Crippen molar-refractivity contribution in [1.29, 1.82) is 0 Å². The standard InChI is InChI=1S/C17H20BrN/c1-3-17(15-10-7-11-16(18)12-15)19-13(2)14-8-5-4-6-9-14/h4-13,17,19H,3H2,1-2H3/t13-,17?/m0/s1. The highest BCUT2D eigenvalue weighted by Crippen LogP contribution is 2.24. The molecule has 100 valence electrons. The first-order chi connectivity index (χ1) is 9.20. The number of benzene rings is 2. The maximum Gasteiger partial charge on any atom is 0.0323 e. The first-order valence-electron chi connectivity index (χ1n) is 6.77. The van der Waals surface area contributed by atoms with Gasteiger partial charge in [-0.25, -0.2) is 0 Å². The Kier molecular flexibility index (Phi) is 5.17. The number of hydrogen-bond acceptors (Lipinski definition) is 1. The van der Waals surface area contributed by atoms with Gasteiger partial charge in [0, 0.05) is 16.6 Å². The van der Waals surface area contributed by atoms with Gasteiger partial charge in [0.05, 0.1) is 0 Å². The molecule has 0 saturated heterocycles. The molecule has 0 radical (unpaired) electrons. The van der Waals surface area contributed by atoms with Crippen molar-refractivity contribution in [3.63, 3.8) is 0 Å². The van der Waals surface area contributed by atoms with Crippen LogP contribution >= 0.6 is 15.9 Å². The maximum absolute atomic E-state index is 3.71. The molecule has 1 unspecified atom stereocenters. The van der Waals surface area contributed by atoms with Crippen molar-refractivity contribution in [3.05, 3.63) is 70.2 Å². The molecule has 2 aromatic carbocycles. The van der Waals surface area contributed by atoms with Crippen molar-refractivity contribution in [2.45, 2.75) is 32.4 Å². The Bertz CT molecular complexity index is 510. The van der Waals surface area contributed by atoms with Crippen LogP contribution in [0, 0.1) is 0 Å². The molecular formula is C17H20BrN. The van der Waals surface area contributed by atoms with E-state index in [0.29, 0.717) is 12.1 Å². The molecule has 2 heteroatoms. The Labute approximate surface area is 124 Å². The van der Waals surface area contributed by atoms with Crippen molar-refractivity contribution < 1.29 is 0 Å². The normalized spacial score (nSPS) is 14.1. The Balaban J connectivity index is 2.11. The molecule has 2 rings (SSSR count). The summed E-state index contributed by atoms with van der Waals surface area (Å²) in [5, 5.41) is 3.71. The highest BCUT2D eigenvalue weighted by Gasteiger charge is 2.13. The summed E-state index contributed by atoms with van der Waals surface area (Å²) in [6, 6.07) is 19.9. The van der Waals surface area contributed by atoms with Gasteiger partial charge in [-0.2, -0.15) is 0 Å². The fraction of sp³-hybridized carbons (Fsp3) is 0.294. The predicted octanol–water partition coefficient (Wildman–Crippen LogP) is 5.25. The van der Waals surface area contributed by atoms with Crippen molar-refractivity contribution in [2.75, 3.05) is 0 Å². The largest absolute Gasteiger partial charge is 0.303 e. The van der Waals surface area contributed by atoms with E-state index in [0.717, 1.165) is 10.9 Å². The number of rotatable bonds is 5. The topological polar surface area (TPSA) is 12.0 Å². The highest BCUT2D eigenvalue weighted by molar-refractivity contribution is 9.10. The zero-order valence-corrected chi connectivity index (χ0v) is 13.0. The summed E-state index contributed by atoms with van der Waals surface area (Å²) in [6.07, 6.45) is 1.08. The molecule has 0 aliphatic rings. The quantitative estimate of drug-likeness (QED) is 0.794. The van der Waals surface area contributed by atoms with Crippen LogP contribution in [0.4, 0.5) is 0 Å². The van der Waals surface area contributed by atoms with Gasteiger partial charge in [-0.05, 0) is 36.6 Å². The van der Waals surface area contributed by atoms with Crippen LogP contribution in [0.3, 0.4) is 0 Å². The molecule has 0 saturated carbocycles. The average molecular weight is 318 g/mol. The van der Waals surface area contributed by atoms with Gasteiger partial charge >= 0.3 is 0 Å². The van der Waals surface area contributed by atoms with Gasteiger partial charge in [0.1, 0.15) is 0 Å². The molecule has 1 N–H and O–H groups in total. The monoisotopic (exact) mass is 317 g/mol. The van der Waals surface area contributed by atoms with Gasteiger partial charge in [-0.3, -0.25) is 0 Å². The van der Waals surface area contributed by atoms with Crippen LogP contribution in [-0.2, 0) is 0 Å². The van der Waals surface area contributed by atoms with Crippen molar-refractivity contribution >= 4 is 15.9 Å². The lowest BCUT2D eigenvalue weighted by Crippen LogP contribution is -2.24. The van der Waals surface area contributed by atoms with Crippen LogP contribution in [0.15, 0.2) is 59.1 Å². The second-order valence-corrected chi connectivity index (χ2v) is 5.73. The predicted molar refractivity (Wildman–Crippen MR) is 85.2 cm³/mol. The lowest BCUT2D eigenvalue weighted by molar-refractivity contribution is 0.456. The highest BCUT2D eigenvalue weighted by atomic mass is 79.9. The van der Waals surface area contributed by atoms with E-state index in [1.165, 1.54) is 11.1 Å². The fourth-order valence-electron chi connectivity index (χ4n) is 2.31. The van der Waals surface area contributed by atoms with E-state index >= 15 is 0 Å². The lowest BCUT2D eigenvalue weighted by atomic mass is 10.0. The molecule has 0 aliphatic heterocycles. The molecule has 0 bridgehead atoms. The van der Waals surface area contributed by atoms with Crippen molar-refractivity contribution in [3.8, 4) is 0 Å². The summed E-state index contributed by atoms with van der Waals surface area (Å²) in [5.41, 5.74) is 2.66. The van der Waals surface area contributed by atoms with E-state index in [1.54, 1.807) is 0 Å². The fourth-order valence-corrected chi connectivity index (χ4v) is 2.73. The molecule has 19 heavy (non-hydrogen) atoms. The molecule has 0 heterocycles. The first kappa shape index (κ1) is 14.3. The zero-order chi connectivity index (χ0) is 13.7. The molecule has 2 aromatic rings. The van der Waals surface area contributed by atoms with E-state index in [9.17, 15) is 0 Å². The summed E-state index contributed by atoms with van der Waals surface area (Å²) in [6.45, 7) is 4.44. The minimum atomic E-state index is 0.352. The van der Waals surface area contributed by atoms with Gasteiger partial charge in [-0.15, -0.1) is 0 Å². The van der Waals surface area contributed by atoms with Gasteiger partial charge in [-0.1, -0.05) is 65.3 Å². The smallest absolute Gasteiger partial charge is 0.0323 e. The van der Waals surface area contributed by atoms with E-state index in [4.69, 9.17) is 0 Å². The number of halogens is 1. The third-order valence-corrected chi connectivity index (χ3v) is 3.90. The average Bonchev–Trinajstić information content (AvgIpc) is 2.45. The molecule has 0 amide bonds. The van der Waals surface area contributed by atoms with Crippen LogP contribution in [0.2, 0.25) is 0 Å². The summed E-state index contributed by atoms with van der Waals surface area (Å²) in [4.78, 5) is 0. The van der Waals surface area contributed by atoms with Crippen LogP contribution in [0.25, 0.3) is 0 Å². The Morgan fingerprint density at radius 3 is 2.32 bits per heavy atom. The minimum absolute atomic E-state index is 0.352. The summed E-state index contributed by atoms with van der Waals surface area (Å²) in [5.74, 6) is 0. The Morgan fingerprint density at radius 1 is 1.00 bits per heavy atom. The van der Waals surface area contributed by atoms with Crippen LogP contribution in [-0.4, -0.2) is 0 Å². The van der Waals surface area contributed by atoms with E-state index < -0.39 is 0 Å². The maximum atomic E-state index is 3.71. The van der Waals surface area contributed by atoms with Gasteiger partial charge in [0.15, 0.2) is 0 Å². The summed E-state index contributed by atoms with van der Waals surface area (Å²) in [7, 11) is 0. The van der Waals surface area contributed by atoms with E-state index in [2.05, 4.69) is 89.7 Å². The van der Waals surface area contributed by atoms with E-state index in [-0.39, 0.29) is 0 Å². The molecule has 0 spiro atoms. The van der Waals surface area contributed by atoms with Crippen LogP contribution in [0.1, 0.15) is 43.5 Å². The van der Waals surface area contributed by atoms with Crippen molar-refractivity contribution in [2.24, 2.45) is 0 Å². The van der Waals surface area contributed by atoms with Crippen LogP contribution in [0.5, 0.6) is 0 Å². The van der Waals surface area contributed by atoms with Crippen molar-refractivity contribution in [1.82, 2.24) is 5.32 Å². The Hall–Kier alpha value is -1.12. The van der Waals surface area contributed by atoms with Gasteiger partial charge < -0.3 is 5.32 Å². The lowest BCUT2D eigenvalue weighted by Gasteiger charge is -2.23. The summed E-state index contributed by atoms with van der Waals surface area (Å²) < 4.78 is 1.14. The molecule has 0 aromatic heterocycles. The number of hydrogen-bond donors (Lipinski definition) is 1. The third-order valence-electron chi connectivity index (χ3n) is 3.41. The first-order valence-corrected chi connectivity index (χ1v) is 7.56. The zero-order valence-electron chi connectivity index (χ0n) is 11.4. The van der Waals surface area contributed by atoms with Gasteiger partial charge in [0.25, 0.3) is 0 Å².